The number of aryl methyl sites for hydroxylation is 1. The molecular weight excluding hydrogens is 495 g/mol. The molecule has 2 amide bonds. The molecule has 204 valence electrons. The number of carbonyl (C=O) groups is 2. The van der Waals surface area contributed by atoms with Crippen molar-refractivity contribution < 1.29 is 19.0 Å². The van der Waals surface area contributed by atoms with Crippen LogP contribution < -0.4 is 15.6 Å². The zero-order valence-corrected chi connectivity index (χ0v) is 22.7. The first kappa shape index (κ1) is 25.6. The lowest BCUT2D eigenvalue weighted by molar-refractivity contribution is -0.404. The van der Waals surface area contributed by atoms with Crippen LogP contribution in [0.1, 0.15) is 86.1 Å². The maximum absolute atomic E-state index is 15.4. The first-order valence-electron chi connectivity index (χ1n) is 14.1. The predicted octanol–water partition coefficient (Wildman–Crippen LogP) is 4.84. The number of amides is 2. The minimum atomic E-state index is -0.716. The van der Waals surface area contributed by atoms with E-state index in [9.17, 15) is 9.59 Å². The Kier molecular flexibility index (Phi) is 6.69. The lowest BCUT2D eigenvalue weighted by Gasteiger charge is -2.25. The van der Waals surface area contributed by atoms with Gasteiger partial charge in [-0.3, -0.25) is 14.5 Å². The van der Waals surface area contributed by atoms with E-state index in [1.165, 1.54) is 0 Å². The Bertz CT molecular complexity index is 1390. The molecule has 0 aromatic carbocycles. The summed E-state index contributed by atoms with van der Waals surface area (Å²) < 4.78 is 17.1. The normalized spacial score (nSPS) is 17.9. The number of anilines is 1. The summed E-state index contributed by atoms with van der Waals surface area (Å²) in [5.74, 6) is 0.351. The van der Waals surface area contributed by atoms with Crippen LogP contribution in [0.4, 0.5) is 10.2 Å². The largest absolute Gasteiger partial charge is 0.337 e. The fourth-order valence-electron chi connectivity index (χ4n) is 5.78. The zero-order chi connectivity index (χ0) is 27.3. The molecule has 39 heavy (non-hydrogen) atoms. The number of nitrogens with zero attached hydrogens (tertiary/aromatic N) is 3. The third-order valence-electron chi connectivity index (χ3n) is 8.14. The van der Waals surface area contributed by atoms with E-state index < -0.39 is 12.0 Å². The number of hydrogen-bond donors (Lipinski definition) is 2. The van der Waals surface area contributed by atoms with Gasteiger partial charge in [0.25, 0.3) is 17.7 Å². The van der Waals surface area contributed by atoms with Crippen molar-refractivity contribution >= 4 is 17.6 Å². The van der Waals surface area contributed by atoms with Crippen LogP contribution in [-0.2, 0) is 4.79 Å². The van der Waals surface area contributed by atoms with Gasteiger partial charge in [0.2, 0.25) is 0 Å². The highest BCUT2D eigenvalue weighted by atomic mass is 19.1. The molecule has 3 aliphatic carbocycles. The van der Waals surface area contributed by atoms with Crippen LogP contribution in [-0.4, -0.2) is 32.6 Å². The lowest BCUT2D eigenvalue weighted by Crippen LogP contribution is -2.50. The summed E-state index contributed by atoms with van der Waals surface area (Å²) in [7, 11) is 0. The third kappa shape index (κ3) is 5.44. The molecule has 3 saturated carbocycles. The zero-order valence-electron chi connectivity index (χ0n) is 22.7. The van der Waals surface area contributed by atoms with Gasteiger partial charge >= 0.3 is 5.91 Å². The topological polar surface area (TPSA) is 103 Å². The molecule has 3 N–H and O–H groups in total. The van der Waals surface area contributed by atoms with Crippen molar-refractivity contribution in [2.75, 3.05) is 5.32 Å². The summed E-state index contributed by atoms with van der Waals surface area (Å²) in [6.45, 7) is 5.86. The molecule has 6 rings (SSSR count). The van der Waals surface area contributed by atoms with Crippen molar-refractivity contribution in [3.8, 4) is 11.1 Å². The van der Waals surface area contributed by atoms with E-state index in [1.54, 1.807) is 29.1 Å². The van der Waals surface area contributed by atoms with Crippen molar-refractivity contribution in [2.24, 2.45) is 17.8 Å². The van der Waals surface area contributed by atoms with Gasteiger partial charge in [0.1, 0.15) is 11.7 Å². The van der Waals surface area contributed by atoms with Crippen LogP contribution in [0.3, 0.4) is 0 Å². The second-order valence-electron chi connectivity index (χ2n) is 11.8. The van der Waals surface area contributed by atoms with Gasteiger partial charge in [-0.15, -0.1) is 0 Å². The highest BCUT2D eigenvalue weighted by Crippen LogP contribution is 2.51. The number of hydrogen-bond acceptors (Lipinski definition) is 4. The number of aromatic nitrogens is 4. The van der Waals surface area contributed by atoms with Crippen LogP contribution in [0.2, 0.25) is 0 Å². The monoisotopic (exact) mass is 531 g/mol. The molecule has 0 saturated heterocycles. The van der Waals surface area contributed by atoms with Crippen molar-refractivity contribution in [3.63, 3.8) is 0 Å². The number of pyridine rings is 2. The second-order valence-corrected chi connectivity index (χ2v) is 11.8. The van der Waals surface area contributed by atoms with E-state index in [-0.39, 0.29) is 29.6 Å². The van der Waals surface area contributed by atoms with Crippen LogP contribution in [0.15, 0.2) is 36.7 Å². The van der Waals surface area contributed by atoms with Gasteiger partial charge in [-0.05, 0) is 101 Å². The highest BCUT2D eigenvalue weighted by Gasteiger charge is 2.49. The molecule has 9 heteroatoms. The van der Waals surface area contributed by atoms with Crippen molar-refractivity contribution in [1.29, 1.82) is 0 Å². The van der Waals surface area contributed by atoms with Crippen molar-refractivity contribution in [1.82, 2.24) is 20.1 Å². The van der Waals surface area contributed by atoms with E-state index in [0.717, 1.165) is 55.3 Å². The third-order valence-corrected chi connectivity index (χ3v) is 8.14. The fraction of sp³-hybridized carbons (Fsp3) is 0.500. The molecule has 0 bridgehead atoms. The molecule has 3 aromatic heterocycles. The molecule has 0 aliphatic heterocycles. The van der Waals surface area contributed by atoms with Gasteiger partial charge < -0.3 is 5.32 Å². The maximum atomic E-state index is 15.4. The fourth-order valence-corrected chi connectivity index (χ4v) is 5.78. The Morgan fingerprint density at radius 3 is 2.38 bits per heavy atom. The number of aromatic amines is 1. The average molecular weight is 532 g/mol. The molecular formula is C30H36FN6O2+. The SMILES string of the molecule is Cc1cnc(C2CC2)c(-c2ccc(NC(=O)[C@@H](NC(=O)c3ccnn3C(C)C)C(C3CC3)C3CC3)[nH+]c2F)c1. The lowest BCUT2D eigenvalue weighted by atomic mass is 9.88. The molecule has 8 nitrogen and oxygen atoms in total. The van der Waals surface area contributed by atoms with Crippen LogP contribution in [0.5, 0.6) is 0 Å². The first-order chi connectivity index (χ1) is 18.8. The van der Waals surface area contributed by atoms with Gasteiger partial charge in [-0.25, -0.2) is 15.1 Å². The molecule has 3 fully saturated rings. The van der Waals surface area contributed by atoms with Gasteiger partial charge in [-0.1, -0.05) is 0 Å². The Balaban J connectivity index is 1.25. The molecule has 3 aromatic rings. The van der Waals surface area contributed by atoms with E-state index in [1.807, 2.05) is 33.0 Å². The van der Waals surface area contributed by atoms with E-state index in [2.05, 4.69) is 25.7 Å². The average Bonchev–Trinajstić information content (AvgIpc) is 3.75. The minimum absolute atomic E-state index is 0.0100. The van der Waals surface area contributed by atoms with Crippen molar-refractivity contribution in [2.45, 2.75) is 77.3 Å². The van der Waals surface area contributed by atoms with Gasteiger partial charge in [0.15, 0.2) is 0 Å². The number of nitrogens with one attached hydrogen (secondary N) is 3. The minimum Gasteiger partial charge on any atom is -0.337 e. The maximum Gasteiger partial charge on any atom is 0.330 e. The highest BCUT2D eigenvalue weighted by molar-refractivity contribution is 6.00. The van der Waals surface area contributed by atoms with Crippen molar-refractivity contribution in [3.05, 3.63) is 59.6 Å². The van der Waals surface area contributed by atoms with Crippen LogP contribution >= 0.6 is 0 Å². The number of rotatable bonds is 10. The van der Waals surface area contributed by atoms with Gasteiger partial charge in [-0.2, -0.15) is 9.49 Å². The summed E-state index contributed by atoms with van der Waals surface area (Å²) in [6.07, 6.45) is 9.81. The Labute approximate surface area is 227 Å². The number of H-pyrrole nitrogens is 1. The van der Waals surface area contributed by atoms with Gasteiger partial charge in [0, 0.05) is 36.0 Å². The van der Waals surface area contributed by atoms with E-state index in [4.69, 9.17) is 0 Å². The molecule has 3 aliphatic rings. The molecule has 3 heterocycles. The summed E-state index contributed by atoms with van der Waals surface area (Å²) in [6, 6.07) is 6.31. The Morgan fingerprint density at radius 1 is 1.05 bits per heavy atom. The van der Waals surface area contributed by atoms with Crippen LogP contribution in [0.25, 0.3) is 11.1 Å². The summed E-state index contributed by atoms with van der Waals surface area (Å²) in [5.41, 5.74) is 3.54. The predicted molar refractivity (Wildman–Crippen MR) is 144 cm³/mol. The van der Waals surface area contributed by atoms with E-state index in [0.29, 0.717) is 29.0 Å². The molecule has 0 spiro atoms. The number of halogens is 1. The second kappa shape index (κ2) is 10.2. The summed E-state index contributed by atoms with van der Waals surface area (Å²) in [4.78, 5) is 34.4. The summed E-state index contributed by atoms with van der Waals surface area (Å²) in [5, 5.41) is 10.2. The van der Waals surface area contributed by atoms with E-state index >= 15 is 4.39 Å². The number of carbonyl (C=O) groups excluding carboxylic acids is 2. The molecule has 0 radical (unpaired) electrons. The Hall–Kier alpha value is -3.62. The quantitative estimate of drug-likeness (QED) is 0.366. The summed E-state index contributed by atoms with van der Waals surface area (Å²) >= 11 is 0. The molecule has 0 unspecified atom stereocenters. The van der Waals surface area contributed by atoms with Gasteiger partial charge in [0.05, 0.1) is 11.3 Å². The first-order valence-corrected chi connectivity index (χ1v) is 14.1. The smallest absolute Gasteiger partial charge is 0.330 e. The standard InChI is InChI=1S/C30H35FN6O2/c1-16(2)37-23(12-13-33-37)29(38)36-27(25(18-4-5-18)19-6-7-19)30(39)35-24-11-10-21(28(31)34-24)22-14-17(3)15-32-26(22)20-8-9-20/h10-16,18-20,25,27H,4-9H2,1-3H3,(H,36,38)(H,34,35,39)/p+1/t27-/m0/s1. The van der Waals surface area contributed by atoms with Crippen LogP contribution in [0, 0.1) is 30.6 Å². The Morgan fingerprint density at radius 2 is 1.77 bits per heavy atom. The molecule has 1 atom stereocenters.